The van der Waals surface area contributed by atoms with Crippen LogP contribution < -0.4 is 0 Å². The minimum atomic E-state index is -1.01. The predicted molar refractivity (Wildman–Crippen MR) is 45.7 cm³/mol. The molecule has 0 saturated carbocycles. The summed E-state index contributed by atoms with van der Waals surface area (Å²) >= 11 is 0. The van der Waals surface area contributed by atoms with Crippen LogP contribution in [0.1, 0.15) is 26.7 Å². The molecule has 0 atom stereocenters. The van der Waals surface area contributed by atoms with Gasteiger partial charge in [0, 0.05) is 12.8 Å². The molecular weight excluding hydrogens is 175 g/mol. The molecule has 0 saturated heterocycles. The van der Waals surface area contributed by atoms with E-state index in [0.717, 1.165) is 6.08 Å². The van der Waals surface area contributed by atoms with E-state index >= 15 is 0 Å². The molecule has 0 aromatic rings. The summed E-state index contributed by atoms with van der Waals surface area (Å²) in [6, 6.07) is 0. The van der Waals surface area contributed by atoms with Gasteiger partial charge >= 0.3 is 5.97 Å². The molecule has 0 fully saturated rings. The summed E-state index contributed by atoms with van der Waals surface area (Å²) in [6.07, 6.45) is 1.23. The van der Waals surface area contributed by atoms with Crippen molar-refractivity contribution < 1.29 is 18.7 Å². The molecule has 0 aromatic carbocycles. The van der Waals surface area contributed by atoms with E-state index < -0.39 is 11.8 Å². The van der Waals surface area contributed by atoms with Gasteiger partial charge < -0.3 is 4.74 Å². The lowest BCUT2D eigenvalue weighted by molar-refractivity contribution is -0.140. The van der Waals surface area contributed by atoms with Gasteiger partial charge in [-0.25, -0.2) is 4.79 Å². The molecule has 0 aliphatic rings. The van der Waals surface area contributed by atoms with Crippen molar-refractivity contribution in [3.8, 4) is 0 Å². The van der Waals surface area contributed by atoms with Gasteiger partial charge in [-0.1, -0.05) is 6.92 Å². The molecule has 0 heterocycles. The van der Waals surface area contributed by atoms with Gasteiger partial charge in [0.2, 0.25) is 5.83 Å². The van der Waals surface area contributed by atoms with Crippen molar-refractivity contribution in [2.75, 3.05) is 6.61 Å². The molecule has 0 aliphatic carbocycles. The van der Waals surface area contributed by atoms with Gasteiger partial charge in [-0.15, -0.1) is 0 Å². The van der Waals surface area contributed by atoms with Crippen LogP contribution in [0.4, 0.5) is 4.39 Å². The SMILES string of the molecule is CCOC(=O)/C(F)=C/CC(=O)CC. The Bertz CT molecular complexity index is 221. The molecule has 74 valence electrons. The van der Waals surface area contributed by atoms with Gasteiger partial charge in [-0.2, -0.15) is 4.39 Å². The van der Waals surface area contributed by atoms with Crippen LogP contribution in [0.15, 0.2) is 11.9 Å². The fraction of sp³-hybridized carbons (Fsp3) is 0.556. The summed E-state index contributed by atoms with van der Waals surface area (Å²) in [5.74, 6) is -2.12. The monoisotopic (exact) mass is 188 g/mol. The highest BCUT2D eigenvalue weighted by molar-refractivity contribution is 5.87. The molecule has 0 N–H and O–H groups in total. The molecule has 0 radical (unpaired) electrons. The Kier molecular flexibility index (Phi) is 5.76. The van der Waals surface area contributed by atoms with E-state index in [1.165, 1.54) is 0 Å². The van der Waals surface area contributed by atoms with Crippen LogP contribution in [-0.2, 0) is 14.3 Å². The van der Waals surface area contributed by atoms with E-state index in [9.17, 15) is 14.0 Å². The number of hydrogen-bond acceptors (Lipinski definition) is 3. The Labute approximate surface area is 76.6 Å². The van der Waals surface area contributed by atoms with Gasteiger partial charge in [0.1, 0.15) is 5.78 Å². The Hall–Kier alpha value is -1.19. The largest absolute Gasteiger partial charge is 0.461 e. The topological polar surface area (TPSA) is 43.4 Å². The highest BCUT2D eigenvalue weighted by Crippen LogP contribution is 2.02. The zero-order valence-corrected chi connectivity index (χ0v) is 7.80. The number of Topliss-reactive ketones (excluding diaryl/α,β-unsaturated/α-hetero) is 1. The van der Waals surface area contributed by atoms with Crippen LogP contribution in [0.3, 0.4) is 0 Å². The zero-order chi connectivity index (χ0) is 10.3. The molecule has 0 bridgehead atoms. The van der Waals surface area contributed by atoms with Crippen molar-refractivity contribution >= 4 is 11.8 Å². The number of allylic oxidation sites excluding steroid dienone is 1. The quantitative estimate of drug-likeness (QED) is 0.487. The minimum Gasteiger partial charge on any atom is -0.461 e. The predicted octanol–water partition coefficient (Wildman–Crippen LogP) is 1.77. The smallest absolute Gasteiger partial charge is 0.366 e. The molecule has 3 nitrogen and oxygen atoms in total. The third-order valence-corrected chi connectivity index (χ3v) is 1.37. The first kappa shape index (κ1) is 11.8. The highest BCUT2D eigenvalue weighted by atomic mass is 19.1. The first-order valence-electron chi connectivity index (χ1n) is 4.16. The number of carbonyl (C=O) groups excluding carboxylic acids is 2. The fourth-order valence-corrected chi connectivity index (χ4v) is 0.631. The maximum absolute atomic E-state index is 12.7. The second-order valence-corrected chi connectivity index (χ2v) is 2.37. The number of rotatable bonds is 5. The first-order valence-corrected chi connectivity index (χ1v) is 4.16. The normalized spacial score (nSPS) is 11.2. The molecule has 0 aromatic heterocycles. The van der Waals surface area contributed by atoms with Crippen LogP contribution >= 0.6 is 0 Å². The van der Waals surface area contributed by atoms with Crippen molar-refractivity contribution in [2.24, 2.45) is 0 Å². The Morgan fingerprint density at radius 1 is 1.38 bits per heavy atom. The summed E-state index contributed by atoms with van der Waals surface area (Å²) in [7, 11) is 0. The maximum atomic E-state index is 12.7. The number of carbonyl (C=O) groups is 2. The van der Waals surface area contributed by atoms with Gasteiger partial charge in [0.15, 0.2) is 0 Å². The van der Waals surface area contributed by atoms with Crippen molar-refractivity contribution in [1.29, 1.82) is 0 Å². The van der Waals surface area contributed by atoms with Gasteiger partial charge in [-0.05, 0) is 13.0 Å². The fourth-order valence-electron chi connectivity index (χ4n) is 0.631. The second kappa shape index (κ2) is 6.34. The second-order valence-electron chi connectivity index (χ2n) is 2.37. The molecule has 0 unspecified atom stereocenters. The van der Waals surface area contributed by atoms with Crippen LogP contribution in [0.5, 0.6) is 0 Å². The first-order chi connectivity index (χ1) is 6.11. The van der Waals surface area contributed by atoms with E-state index in [-0.39, 0.29) is 18.8 Å². The Morgan fingerprint density at radius 2 is 2.00 bits per heavy atom. The number of hydrogen-bond donors (Lipinski definition) is 0. The summed E-state index contributed by atoms with van der Waals surface area (Å²) in [5.41, 5.74) is 0. The summed E-state index contributed by atoms with van der Waals surface area (Å²) in [6.45, 7) is 3.39. The third kappa shape index (κ3) is 5.11. The van der Waals surface area contributed by atoms with Crippen molar-refractivity contribution in [2.45, 2.75) is 26.7 Å². The van der Waals surface area contributed by atoms with Gasteiger partial charge in [0.05, 0.1) is 6.61 Å². The van der Waals surface area contributed by atoms with E-state index in [2.05, 4.69) is 4.74 Å². The molecule has 0 rings (SSSR count). The van der Waals surface area contributed by atoms with Crippen molar-refractivity contribution in [1.82, 2.24) is 0 Å². The van der Waals surface area contributed by atoms with Gasteiger partial charge in [0.25, 0.3) is 0 Å². The number of halogens is 1. The Morgan fingerprint density at radius 3 is 2.46 bits per heavy atom. The molecule has 0 spiro atoms. The standard InChI is InChI=1S/C9H13FO3/c1-3-7(11)5-6-8(10)9(12)13-4-2/h6H,3-5H2,1-2H3/b8-6-. The van der Waals surface area contributed by atoms with E-state index in [4.69, 9.17) is 0 Å². The van der Waals surface area contributed by atoms with Crippen LogP contribution in [0.25, 0.3) is 0 Å². The summed E-state index contributed by atoms with van der Waals surface area (Å²) in [5, 5.41) is 0. The minimum absolute atomic E-state index is 0.0544. The van der Waals surface area contributed by atoms with Gasteiger partial charge in [-0.3, -0.25) is 4.79 Å². The van der Waals surface area contributed by atoms with Crippen molar-refractivity contribution in [3.05, 3.63) is 11.9 Å². The number of esters is 1. The highest BCUT2D eigenvalue weighted by Gasteiger charge is 2.09. The molecule has 0 aliphatic heterocycles. The molecule has 4 heteroatoms. The number of ketones is 1. The Balaban J connectivity index is 4.01. The molecule has 13 heavy (non-hydrogen) atoms. The molecular formula is C9H13FO3. The average molecular weight is 188 g/mol. The van der Waals surface area contributed by atoms with Crippen LogP contribution in [0, 0.1) is 0 Å². The van der Waals surface area contributed by atoms with E-state index in [1.54, 1.807) is 13.8 Å². The van der Waals surface area contributed by atoms with E-state index in [0.29, 0.717) is 6.42 Å². The lowest BCUT2D eigenvalue weighted by Crippen LogP contribution is -2.05. The van der Waals surface area contributed by atoms with Crippen molar-refractivity contribution in [3.63, 3.8) is 0 Å². The zero-order valence-electron chi connectivity index (χ0n) is 7.80. The summed E-state index contributed by atoms with van der Waals surface area (Å²) < 4.78 is 17.1. The van der Waals surface area contributed by atoms with Crippen LogP contribution in [-0.4, -0.2) is 18.4 Å². The number of ether oxygens (including phenoxy) is 1. The third-order valence-electron chi connectivity index (χ3n) is 1.37. The maximum Gasteiger partial charge on any atom is 0.366 e. The van der Waals surface area contributed by atoms with E-state index in [1.807, 2.05) is 0 Å². The lowest BCUT2D eigenvalue weighted by Gasteiger charge is -1.97. The summed E-state index contributed by atoms with van der Waals surface area (Å²) in [4.78, 5) is 21.4. The van der Waals surface area contributed by atoms with Crippen LogP contribution in [0.2, 0.25) is 0 Å². The molecule has 0 amide bonds. The lowest BCUT2D eigenvalue weighted by atomic mass is 10.2. The average Bonchev–Trinajstić information content (AvgIpc) is 2.13.